The van der Waals surface area contributed by atoms with E-state index < -0.39 is 10.0 Å². The summed E-state index contributed by atoms with van der Waals surface area (Å²) in [5.41, 5.74) is 6.75. The fourth-order valence-corrected chi connectivity index (χ4v) is 3.29. The first kappa shape index (κ1) is 17.7. The molecule has 0 atom stereocenters. The van der Waals surface area contributed by atoms with Gasteiger partial charge in [0.15, 0.2) is 0 Å². The average molecular weight is 334 g/mol. The Balaban J connectivity index is 2.75. The molecule has 0 spiro atoms. The molecule has 1 rings (SSSR count). The van der Waals surface area contributed by atoms with Crippen molar-refractivity contribution in [1.82, 2.24) is 10.0 Å². The highest BCUT2D eigenvalue weighted by atomic mass is 35.5. The van der Waals surface area contributed by atoms with E-state index in [4.69, 9.17) is 17.3 Å². The molecule has 0 fully saturated rings. The number of halogens is 1. The predicted octanol–water partition coefficient (Wildman–Crippen LogP) is 1.42. The van der Waals surface area contributed by atoms with Gasteiger partial charge < -0.3 is 11.1 Å². The lowest BCUT2D eigenvalue weighted by atomic mass is 10.2. The van der Waals surface area contributed by atoms with Crippen LogP contribution >= 0.6 is 11.6 Å². The molecule has 21 heavy (non-hydrogen) atoms. The van der Waals surface area contributed by atoms with Crippen molar-refractivity contribution >= 4 is 33.2 Å². The van der Waals surface area contributed by atoms with Crippen molar-refractivity contribution in [3.63, 3.8) is 0 Å². The van der Waals surface area contributed by atoms with Gasteiger partial charge >= 0.3 is 0 Å². The summed E-state index contributed by atoms with van der Waals surface area (Å²) in [6.45, 7) is 5.39. The Kier molecular flexibility index (Phi) is 6.00. The van der Waals surface area contributed by atoms with E-state index in [-0.39, 0.29) is 34.8 Å². The molecule has 0 aliphatic carbocycles. The molecule has 0 aromatic heterocycles. The van der Waals surface area contributed by atoms with Crippen LogP contribution in [0.3, 0.4) is 0 Å². The quantitative estimate of drug-likeness (QED) is 0.685. The van der Waals surface area contributed by atoms with Crippen LogP contribution in [-0.4, -0.2) is 26.9 Å². The number of sulfonamides is 1. The molecule has 4 N–H and O–H groups in total. The maximum absolute atomic E-state index is 12.1. The molecule has 0 radical (unpaired) electrons. The van der Waals surface area contributed by atoms with E-state index in [9.17, 15) is 13.2 Å². The molecule has 0 aliphatic rings. The monoisotopic (exact) mass is 333 g/mol. The number of carbonyl (C=O) groups excluding carboxylic acids is 1. The summed E-state index contributed by atoms with van der Waals surface area (Å²) >= 11 is 5.94. The zero-order chi connectivity index (χ0) is 16.2. The van der Waals surface area contributed by atoms with Crippen molar-refractivity contribution in [3.8, 4) is 0 Å². The number of hydrogen-bond donors (Lipinski definition) is 3. The molecule has 1 amide bonds. The summed E-state index contributed by atoms with van der Waals surface area (Å²) in [5, 5.41) is 2.77. The second-order valence-electron chi connectivity index (χ2n) is 5.01. The number of nitrogen functional groups attached to an aromatic ring is 1. The molecule has 0 bridgehead atoms. The number of nitrogens with one attached hydrogen (secondary N) is 2. The zero-order valence-electron chi connectivity index (χ0n) is 12.2. The van der Waals surface area contributed by atoms with Gasteiger partial charge in [0.25, 0.3) is 0 Å². The van der Waals surface area contributed by atoms with Gasteiger partial charge in [-0.3, -0.25) is 4.79 Å². The third kappa shape index (κ3) is 5.18. The van der Waals surface area contributed by atoms with Crippen LogP contribution in [0, 0.1) is 6.92 Å². The van der Waals surface area contributed by atoms with E-state index >= 15 is 0 Å². The zero-order valence-corrected chi connectivity index (χ0v) is 13.8. The number of carbonyl (C=O) groups is 1. The Bertz CT molecular complexity index is 630. The van der Waals surface area contributed by atoms with Gasteiger partial charge in [-0.05, 0) is 38.5 Å². The second kappa shape index (κ2) is 7.11. The van der Waals surface area contributed by atoms with Crippen molar-refractivity contribution in [3.05, 3.63) is 22.7 Å². The van der Waals surface area contributed by atoms with Gasteiger partial charge in [-0.1, -0.05) is 11.6 Å². The fourth-order valence-electron chi connectivity index (χ4n) is 1.65. The Labute approximate surface area is 130 Å². The van der Waals surface area contributed by atoms with Crippen molar-refractivity contribution < 1.29 is 13.2 Å². The van der Waals surface area contributed by atoms with Crippen LogP contribution in [0.5, 0.6) is 0 Å². The number of hydrogen-bond acceptors (Lipinski definition) is 4. The first-order chi connectivity index (χ1) is 9.63. The summed E-state index contributed by atoms with van der Waals surface area (Å²) in [5.74, 6) is -0.220. The minimum Gasteiger partial charge on any atom is -0.398 e. The first-order valence-electron chi connectivity index (χ1n) is 6.48. The molecule has 6 nitrogen and oxygen atoms in total. The summed E-state index contributed by atoms with van der Waals surface area (Å²) in [4.78, 5) is 11.4. The highest BCUT2D eigenvalue weighted by molar-refractivity contribution is 7.89. The Morgan fingerprint density at radius 3 is 2.57 bits per heavy atom. The molecule has 1 aromatic rings. The van der Waals surface area contributed by atoms with Crippen LogP contribution in [-0.2, 0) is 14.8 Å². The van der Waals surface area contributed by atoms with Crippen LogP contribution in [0.15, 0.2) is 17.0 Å². The highest BCUT2D eigenvalue weighted by Gasteiger charge is 2.19. The Morgan fingerprint density at radius 2 is 2.00 bits per heavy atom. The molecule has 0 saturated heterocycles. The molecule has 0 aliphatic heterocycles. The van der Waals surface area contributed by atoms with Gasteiger partial charge in [-0.2, -0.15) is 0 Å². The Hall–Kier alpha value is -1.31. The van der Waals surface area contributed by atoms with E-state index in [1.807, 2.05) is 13.8 Å². The van der Waals surface area contributed by atoms with Crippen LogP contribution in [0.2, 0.25) is 5.02 Å². The maximum atomic E-state index is 12.1. The molecule has 8 heteroatoms. The largest absolute Gasteiger partial charge is 0.398 e. The third-order valence-electron chi connectivity index (χ3n) is 2.70. The van der Waals surface area contributed by atoms with Crippen molar-refractivity contribution in [2.45, 2.75) is 38.1 Å². The van der Waals surface area contributed by atoms with Gasteiger partial charge in [0, 0.05) is 24.7 Å². The van der Waals surface area contributed by atoms with E-state index in [2.05, 4.69) is 10.0 Å². The maximum Gasteiger partial charge on any atom is 0.242 e. The van der Waals surface area contributed by atoms with Gasteiger partial charge in [-0.15, -0.1) is 0 Å². The SMILES string of the molecule is Cc1cc(Cl)c(S(=O)(=O)NCCC(=O)NC(C)C)cc1N. The minimum absolute atomic E-state index is 0.00893. The first-order valence-corrected chi connectivity index (χ1v) is 8.34. The summed E-state index contributed by atoms with van der Waals surface area (Å²) in [6, 6.07) is 2.82. The fraction of sp³-hybridized carbons (Fsp3) is 0.462. The molecule has 118 valence electrons. The number of amides is 1. The third-order valence-corrected chi connectivity index (χ3v) is 4.63. The number of rotatable bonds is 6. The van der Waals surface area contributed by atoms with Gasteiger partial charge in [0.05, 0.1) is 5.02 Å². The van der Waals surface area contributed by atoms with Gasteiger partial charge in [0.2, 0.25) is 15.9 Å². The Morgan fingerprint density at radius 1 is 1.38 bits per heavy atom. The van der Waals surface area contributed by atoms with Crippen molar-refractivity contribution in [1.29, 1.82) is 0 Å². The van der Waals surface area contributed by atoms with Crippen LogP contribution in [0.25, 0.3) is 0 Å². The number of anilines is 1. The normalized spacial score (nSPS) is 11.7. The van der Waals surface area contributed by atoms with Crippen molar-refractivity contribution in [2.24, 2.45) is 0 Å². The lowest BCUT2D eigenvalue weighted by molar-refractivity contribution is -0.121. The number of nitrogens with two attached hydrogens (primary N) is 1. The molecule has 0 heterocycles. The van der Waals surface area contributed by atoms with Crippen LogP contribution in [0.1, 0.15) is 25.8 Å². The van der Waals surface area contributed by atoms with Crippen LogP contribution in [0.4, 0.5) is 5.69 Å². The summed E-state index contributed by atoms with van der Waals surface area (Å²) < 4.78 is 26.6. The lowest BCUT2D eigenvalue weighted by Crippen LogP contribution is -2.34. The number of aryl methyl sites for hydroxylation is 1. The van der Waals surface area contributed by atoms with Gasteiger partial charge in [-0.25, -0.2) is 13.1 Å². The van der Waals surface area contributed by atoms with E-state index in [0.717, 1.165) is 0 Å². The number of benzene rings is 1. The minimum atomic E-state index is -3.80. The summed E-state index contributed by atoms with van der Waals surface area (Å²) in [6.07, 6.45) is 0.0520. The predicted molar refractivity (Wildman–Crippen MR) is 83.7 cm³/mol. The van der Waals surface area contributed by atoms with Crippen LogP contribution < -0.4 is 15.8 Å². The average Bonchev–Trinajstić information content (AvgIpc) is 2.32. The van der Waals surface area contributed by atoms with Gasteiger partial charge in [0.1, 0.15) is 4.90 Å². The lowest BCUT2D eigenvalue weighted by Gasteiger charge is -2.11. The highest BCUT2D eigenvalue weighted by Crippen LogP contribution is 2.26. The summed E-state index contributed by atoms with van der Waals surface area (Å²) in [7, 11) is -3.80. The second-order valence-corrected chi connectivity index (χ2v) is 7.15. The van der Waals surface area contributed by atoms with E-state index in [1.54, 1.807) is 6.92 Å². The molecule has 0 saturated carbocycles. The van der Waals surface area contributed by atoms with Crippen molar-refractivity contribution in [2.75, 3.05) is 12.3 Å². The van der Waals surface area contributed by atoms with E-state index in [1.165, 1.54) is 12.1 Å². The smallest absolute Gasteiger partial charge is 0.242 e. The standard InChI is InChI=1S/C13H20ClN3O3S/c1-8(2)17-13(18)4-5-16-21(19,20)12-7-11(15)9(3)6-10(12)14/h6-8,16H,4-5,15H2,1-3H3,(H,17,18). The molecule has 0 unspecified atom stereocenters. The van der Waals surface area contributed by atoms with E-state index in [0.29, 0.717) is 11.3 Å². The topological polar surface area (TPSA) is 101 Å². The molecular formula is C13H20ClN3O3S. The molecule has 1 aromatic carbocycles. The molecular weight excluding hydrogens is 314 g/mol.